The van der Waals surface area contributed by atoms with Crippen LogP contribution in [0.25, 0.3) is 0 Å². The monoisotopic (exact) mass is 169 g/mol. The third-order valence-corrected chi connectivity index (χ3v) is 1.85. The van der Waals surface area contributed by atoms with E-state index < -0.39 is 0 Å². The van der Waals surface area contributed by atoms with Crippen LogP contribution in [0.3, 0.4) is 0 Å². The normalized spacial score (nSPS) is 18.8. The fraction of sp³-hybridized carbons (Fsp3) is 0.375. The van der Waals surface area contributed by atoms with Gasteiger partial charge in [0.1, 0.15) is 0 Å². The minimum Gasteiger partial charge on any atom is -0.462 e. The van der Waals surface area contributed by atoms with Crippen molar-refractivity contribution < 1.29 is 4.42 Å². The zero-order valence-electron chi connectivity index (χ0n) is 5.96. The van der Waals surface area contributed by atoms with Crippen LogP contribution in [-0.2, 0) is 0 Å². The van der Waals surface area contributed by atoms with Crippen molar-refractivity contribution in [3.8, 4) is 0 Å². The van der Waals surface area contributed by atoms with Crippen LogP contribution in [0.5, 0.6) is 0 Å². The van der Waals surface area contributed by atoms with E-state index in [-0.39, 0.29) is 0 Å². The zero-order chi connectivity index (χ0) is 7.68. The van der Waals surface area contributed by atoms with Gasteiger partial charge in [-0.15, -0.1) is 0 Å². The molecule has 1 saturated carbocycles. The quantitative estimate of drug-likeness (QED) is 0.625. The topological polar surface area (TPSA) is 25.5 Å². The molecule has 1 aromatic heterocycles. The molecule has 11 heavy (non-hydrogen) atoms. The second-order valence-corrected chi connectivity index (χ2v) is 2.99. The van der Waals surface area contributed by atoms with Crippen molar-refractivity contribution in [1.29, 1.82) is 0 Å². The van der Waals surface area contributed by atoms with Gasteiger partial charge >= 0.3 is 0 Å². The lowest BCUT2D eigenvalue weighted by atomic mass is 10.5. The first-order valence-electron chi connectivity index (χ1n) is 3.63. The first kappa shape index (κ1) is 6.92. The van der Waals surface area contributed by atoms with Gasteiger partial charge in [-0.1, -0.05) is 11.6 Å². The van der Waals surface area contributed by atoms with E-state index in [4.69, 9.17) is 16.0 Å². The standard InChI is InChI=1S/C8H8ClNO/c9-8(10-6-3-4-6)7-2-1-5-11-7/h1-2,5-6H,3-4H2. The van der Waals surface area contributed by atoms with Gasteiger partial charge in [-0.05, 0) is 25.0 Å². The van der Waals surface area contributed by atoms with Gasteiger partial charge in [-0.3, -0.25) is 4.99 Å². The SMILES string of the molecule is ClC(=NC1CC1)c1ccco1. The predicted molar refractivity (Wildman–Crippen MR) is 44.1 cm³/mol. The molecule has 2 nitrogen and oxygen atoms in total. The summed E-state index contributed by atoms with van der Waals surface area (Å²) >= 11 is 5.84. The Hall–Kier alpha value is -0.760. The van der Waals surface area contributed by atoms with Crippen LogP contribution in [0, 0.1) is 0 Å². The fourth-order valence-electron chi connectivity index (χ4n) is 0.823. The van der Waals surface area contributed by atoms with Crippen LogP contribution in [0.15, 0.2) is 27.8 Å². The summed E-state index contributed by atoms with van der Waals surface area (Å²) in [6.07, 6.45) is 3.92. The number of rotatable bonds is 2. The molecule has 1 heterocycles. The molecule has 0 atom stereocenters. The molecule has 0 bridgehead atoms. The minimum atomic E-state index is 0.451. The van der Waals surface area contributed by atoms with Gasteiger partial charge in [0.15, 0.2) is 10.9 Å². The van der Waals surface area contributed by atoms with E-state index in [2.05, 4.69) is 4.99 Å². The number of nitrogens with zero attached hydrogens (tertiary/aromatic N) is 1. The summed E-state index contributed by atoms with van der Waals surface area (Å²) in [5.74, 6) is 0.665. The van der Waals surface area contributed by atoms with Crippen molar-refractivity contribution in [2.75, 3.05) is 0 Å². The van der Waals surface area contributed by atoms with E-state index in [0.29, 0.717) is 17.0 Å². The van der Waals surface area contributed by atoms with Gasteiger partial charge < -0.3 is 4.42 Å². The average Bonchev–Trinajstić information content (AvgIpc) is 2.67. The van der Waals surface area contributed by atoms with Gasteiger partial charge in [0.2, 0.25) is 0 Å². The van der Waals surface area contributed by atoms with Crippen molar-refractivity contribution in [1.82, 2.24) is 0 Å². The molecule has 2 rings (SSSR count). The summed E-state index contributed by atoms with van der Waals surface area (Å²) in [4.78, 5) is 4.22. The Bertz CT molecular complexity index is 262. The number of hydrogen-bond acceptors (Lipinski definition) is 2. The van der Waals surface area contributed by atoms with Crippen molar-refractivity contribution in [2.24, 2.45) is 4.99 Å². The van der Waals surface area contributed by atoms with Crippen LogP contribution < -0.4 is 0 Å². The lowest BCUT2D eigenvalue weighted by molar-refractivity contribution is 0.559. The second-order valence-electron chi connectivity index (χ2n) is 2.63. The van der Waals surface area contributed by atoms with E-state index in [1.807, 2.05) is 6.07 Å². The highest BCUT2D eigenvalue weighted by molar-refractivity contribution is 6.69. The highest BCUT2D eigenvalue weighted by Crippen LogP contribution is 2.25. The molecule has 3 heteroatoms. The fourth-order valence-corrected chi connectivity index (χ4v) is 1.07. The summed E-state index contributed by atoms with van der Waals surface area (Å²) in [5, 5.41) is 0.498. The van der Waals surface area contributed by atoms with Crippen LogP contribution in [-0.4, -0.2) is 11.2 Å². The molecule has 0 N–H and O–H groups in total. The maximum atomic E-state index is 5.84. The van der Waals surface area contributed by atoms with Crippen LogP contribution in [0.4, 0.5) is 0 Å². The second kappa shape index (κ2) is 2.70. The predicted octanol–water partition coefficient (Wildman–Crippen LogP) is 2.43. The molecule has 1 aliphatic carbocycles. The molecular formula is C8H8ClNO. The third-order valence-electron chi connectivity index (χ3n) is 1.57. The molecule has 1 aliphatic rings. The third kappa shape index (κ3) is 1.63. The van der Waals surface area contributed by atoms with E-state index in [1.165, 1.54) is 0 Å². The van der Waals surface area contributed by atoms with Gasteiger partial charge in [0.25, 0.3) is 0 Å². The number of hydrogen-bond donors (Lipinski definition) is 0. The van der Waals surface area contributed by atoms with E-state index >= 15 is 0 Å². The minimum absolute atomic E-state index is 0.451. The Morgan fingerprint density at radius 1 is 1.64 bits per heavy atom. The highest BCUT2D eigenvalue weighted by Gasteiger charge is 2.21. The number of aliphatic imine (C=N–C) groups is 1. The molecule has 0 spiro atoms. The van der Waals surface area contributed by atoms with E-state index in [1.54, 1.807) is 12.3 Å². The smallest absolute Gasteiger partial charge is 0.167 e. The molecule has 0 unspecified atom stereocenters. The average molecular weight is 170 g/mol. The lowest BCUT2D eigenvalue weighted by Gasteiger charge is -1.90. The summed E-state index contributed by atoms with van der Waals surface area (Å²) in [7, 11) is 0. The summed E-state index contributed by atoms with van der Waals surface area (Å²) < 4.78 is 5.06. The molecule has 1 fully saturated rings. The molecule has 0 radical (unpaired) electrons. The summed E-state index contributed by atoms with van der Waals surface area (Å²) in [5.41, 5.74) is 0. The van der Waals surface area contributed by atoms with Crippen LogP contribution in [0.1, 0.15) is 18.6 Å². The van der Waals surface area contributed by atoms with E-state index in [9.17, 15) is 0 Å². The molecular weight excluding hydrogens is 162 g/mol. The number of furan rings is 1. The van der Waals surface area contributed by atoms with Crippen LogP contribution in [0.2, 0.25) is 0 Å². The Kier molecular flexibility index (Phi) is 1.70. The maximum Gasteiger partial charge on any atom is 0.167 e. The highest BCUT2D eigenvalue weighted by atomic mass is 35.5. The summed E-state index contributed by atoms with van der Waals surface area (Å²) in [6.45, 7) is 0. The molecule has 0 aliphatic heterocycles. The molecule has 0 saturated heterocycles. The van der Waals surface area contributed by atoms with Crippen LogP contribution >= 0.6 is 11.6 Å². The Morgan fingerprint density at radius 3 is 3.00 bits per heavy atom. The Morgan fingerprint density at radius 2 is 2.45 bits per heavy atom. The van der Waals surface area contributed by atoms with Crippen molar-refractivity contribution in [3.63, 3.8) is 0 Å². The molecule has 0 aromatic carbocycles. The Labute approximate surface area is 69.9 Å². The van der Waals surface area contributed by atoms with Crippen molar-refractivity contribution in [3.05, 3.63) is 24.2 Å². The number of halogens is 1. The molecule has 1 aromatic rings. The first-order valence-corrected chi connectivity index (χ1v) is 4.01. The van der Waals surface area contributed by atoms with E-state index in [0.717, 1.165) is 12.8 Å². The summed E-state index contributed by atoms with van der Waals surface area (Å²) in [6, 6.07) is 4.07. The van der Waals surface area contributed by atoms with Gasteiger partial charge in [-0.25, -0.2) is 0 Å². The van der Waals surface area contributed by atoms with Gasteiger partial charge in [-0.2, -0.15) is 0 Å². The maximum absolute atomic E-state index is 5.84. The largest absolute Gasteiger partial charge is 0.462 e. The van der Waals surface area contributed by atoms with Crippen molar-refractivity contribution in [2.45, 2.75) is 18.9 Å². The lowest BCUT2D eigenvalue weighted by Crippen LogP contribution is -1.89. The zero-order valence-corrected chi connectivity index (χ0v) is 6.71. The first-order chi connectivity index (χ1) is 5.36. The Balaban J connectivity index is 2.15. The van der Waals surface area contributed by atoms with Gasteiger partial charge in [0.05, 0.1) is 12.3 Å². The molecule has 58 valence electrons. The molecule has 0 amide bonds. The van der Waals surface area contributed by atoms with Crippen molar-refractivity contribution >= 4 is 16.8 Å². The van der Waals surface area contributed by atoms with Gasteiger partial charge in [0, 0.05) is 0 Å².